The number of nitrogens with two attached hydrogens (primary N) is 1. The van der Waals surface area contributed by atoms with Gasteiger partial charge in [-0.2, -0.15) is 0 Å². The lowest BCUT2D eigenvalue weighted by atomic mass is 10.1. The maximum absolute atomic E-state index is 10.9. The molecule has 0 heterocycles. The van der Waals surface area contributed by atoms with E-state index in [0.717, 1.165) is 6.26 Å². The lowest BCUT2D eigenvalue weighted by molar-refractivity contribution is -0.138. The molecule has 1 unspecified atom stereocenters. The lowest BCUT2D eigenvalue weighted by Gasteiger charge is -2.05. The van der Waals surface area contributed by atoms with E-state index < -0.39 is 27.9 Å². The molecule has 0 aliphatic carbocycles. The number of carboxylic acids is 1. The zero-order chi connectivity index (χ0) is 12.1. The number of aliphatic carboxylic acids is 1. The Bertz CT molecular complexity index is 337. The van der Waals surface area contributed by atoms with Gasteiger partial charge in [0, 0.05) is 6.42 Å². The first kappa shape index (κ1) is 13.8. The molecule has 0 rings (SSSR count). The number of hydrogen-bond donors (Lipinski definition) is 3. The Labute approximate surface area is 87.7 Å². The van der Waals surface area contributed by atoms with Crippen LogP contribution in [0.3, 0.4) is 0 Å². The molecule has 0 bridgehead atoms. The topological polar surface area (TPSA) is 127 Å². The lowest BCUT2D eigenvalue weighted by Crippen LogP contribution is -2.32. The van der Waals surface area contributed by atoms with Crippen molar-refractivity contribution in [3.05, 3.63) is 0 Å². The van der Waals surface area contributed by atoms with E-state index in [9.17, 15) is 18.0 Å². The second-order valence-corrected chi connectivity index (χ2v) is 4.88. The second-order valence-electron chi connectivity index (χ2n) is 3.13. The van der Waals surface area contributed by atoms with Crippen LogP contribution >= 0.6 is 0 Å². The predicted octanol–water partition coefficient (Wildman–Crippen LogP) is -1.36. The Kier molecular flexibility index (Phi) is 5.23. The molecule has 1 amide bonds. The van der Waals surface area contributed by atoms with E-state index in [1.807, 2.05) is 0 Å². The summed E-state index contributed by atoms with van der Waals surface area (Å²) in [6.07, 6.45) is 1.17. The standard InChI is InChI=1S/C7H14N2O5S/c1-15(13,14)9-6(10)4-2-3-5(8)7(11)12/h5H,2-4,8H2,1H3,(H,9,10)(H,11,12). The van der Waals surface area contributed by atoms with Gasteiger partial charge in [-0.25, -0.2) is 8.42 Å². The van der Waals surface area contributed by atoms with E-state index in [-0.39, 0.29) is 19.3 Å². The Balaban J connectivity index is 3.79. The molecule has 0 aromatic heterocycles. The smallest absolute Gasteiger partial charge is 0.320 e. The highest BCUT2D eigenvalue weighted by Gasteiger charge is 2.13. The molecule has 0 saturated carbocycles. The van der Waals surface area contributed by atoms with Gasteiger partial charge >= 0.3 is 5.97 Å². The van der Waals surface area contributed by atoms with Gasteiger partial charge in [0.1, 0.15) is 6.04 Å². The molecule has 1 atom stereocenters. The van der Waals surface area contributed by atoms with Crippen molar-refractivity contribution in [2.45, 2.75) is 25.3 Å². The summed E-state index contributed by atoms with van der Waals surface area (Å²) in [7, 11) is -3.54. The van der Waals surface area contributed by atoms with Crippen molar-refractivity contribution in [2.75, 3.05) is 6.26 Å². The van der Waals surface area contributed by atoms with Crippen LogP contribution in [-0.4, -0.2) is 37.7 Å². The van der Waals surface area contributed by atoms with Gasteiger partial charge in [-0.1, -0.05) is 0 Å². The minimum absolute atomic E-state index is 0.0615. The minimum atomic E-state index is -3.54. The van der Waals surface area contributed by atoms with Crippen molar-refractivity contribution in [3.63, 3.8) is 0 Å². The van der Waals surface area contributed by atoms with Gasteiger partial charge in [-0.15, -0.1) is 0 Å². The van der Waals surface area contributed by atoms with E-state index in [2.05, 4.69) is 0 Å². The average molecular weight is 238 g/mol. The zero-order valence-electron chi connectivity index (χ0n) is 8.26. The van der Waals surface area contributed by atoms with Crippen molar-refractivity contribution >= 4 is 21.9 Å². The van der Waals surface area contributed by atoms with E-state index in [1.54, 1.807) is 4.72 Å². The molecular weight excluding hydrogens is 224 g/mol. The van der Waals surface area contributed by atoms with Gasteiger partial charge in [0.15, 0.2) is 0 Å². The van der Waals surface area contributed by atoms with Gasteiger partial charge in [-0.05, 0) is 12.8 Å². The first-order valence-electron chi connectivity index (χ1n) is 4.21. The van der Waals surface area contributed by atoms with Gasteiger partial charge in [0.05, 0.1) is 6.26 Å². The molecule has 7 nitrogen and oxygen atoms in total. The highest BCUT2D eigenvalue weighted by atomic mass is 32.2. The van der Waals surface area contributed by atoms with Crippen LogP contribution in [0.2, 0.25) is 0 Å². The average Bonchev–Trinajstić information content (AvgIpc) is 2.00. The summed E-state index contributed by atoms with van der Waals surface area (Å²) in [5, 5.41) is 8.41. The van der Waals surface area contributed by atoms with E-state index in [4.69, 9.17) is 10.8 Å². The number of nitrogens with one attached hydrogen (secondary N) is 1. The van der Waals surface area contributed by atoms with Gasteiger partial charge < -0.3 is 10.8 Å². The Hall–Kier alpha value is -1.15. The first-order chi connectivity index (χ1) is 6.72. The van der Waals surface area contributed by atoms with Crippen LogP contribution in [0.5, 0.6) is 0 Å². The van der Waals surface area contributed by atoms with Crippen molar-refractivity contribution < 1.29 is 23.1 Å². The number of carbonyl (C=O) groups excluding carboxylic acids is 1. The Morgan fingerprint density at radius 1 is 1.47 bits per heavy atom. The van der Waals surface area contributed by atoms with Crippen LogP contribution in [0, 0.1) is 0 Å². The molecular formula is C7H14N2O5S. The maximum atomic E-state index is 10.9. The summed E-state index contributed by atoms with van der Waals surface area (Å²) in [6, 6.07) is -1.02. The largest absolute Gasteiger partial charge is 0.480 e. The van der Waals surface area contributed by atoms with Crippen LogP contribution in [0.1, 0.15) is 19.3 Å². The molecule has 4 N–H and O–H groups in total. The van der Waals surface area contributed by atoms with Gasteiger partial charge in [0.25, 0.3) is 0 Å². The summed E-state index contributed by atoms with van der Waals surface area (Å²) >= 11 is 0. The van der Waals surface area contributed by atoms with Crippen molar-refractivity contribution in [1.29, 1.82) is 0 Å². The molecule has 0 spiro atoms. The molecule has 15 heavy (non-hydrogen) atoms. The quantitative estimate of drug-likeness (QED) is 0.524. The van der Waals surface area contributed by atoms with E-state index in [0.29, 0.717) is 0 Å². The highest BCUT2D eigenvalue weighted by Crippen LogP contribution is 1.99. The number of hydrogen-bond acceptors (Lipinski definition) is 5. The van der Waals surface area contributed by atoms with Crippen LogP contribution in [0.15, 0.2) is 0 Å². The zero-order valence-corrected chi connectivity index (χ0v) is 9.08. The summed E-state index contributed by atoms with van der Waals surface area (Å²) in [5.41, 5.74) is 5.18. The Morgan fingerprint density at radius 2 is 2.00 bits per heavy atom. The SMILES string of the molecule is CS(=O)(=O)NC(=O)CCCC(N)C(=O)O. The third-order valence-corrected chi connectivity index (χ3v) is 2.13. The monoisotopic (exact) mass is 238 g/mol. The fourth-order valence-electron chi connectivity index (χ4n) is 0.864. The third-order valence-electron chi connectivity index (χ3n) is 1.54. The fourth-order valence-corrected chi connectivity index (χ4v) is 1.38. The molecule has 0 aromatic rings. The summed E-state index contributed by atoms with van der Waals surface area (Å²) < 4.78 is 23.0. The molecule has 0 saturated heterocycles. The van der Waals surface area contributed by atoms with Crippen LogP contribution in [0.25, 0.3) is 0 Å². The molecule has 0 aliphatic heterocycles. The van der Waals surface area contributed by atoms with Crippen LogP contribution < -0.4 is 10.5 Å². The van der Waals surface area contributed by atoms with E-state index >= 15 is 0 Å². The number of rotatable bonds is 6. The summed E-state index contributed by atoms with van der Waals surface area (Å²) in [5.74, 6) is -1.80. The molecule has 8 heteroatoms. The third kappa shape index (κ3) is 7.89. The highest BCUT2D eigenvalue weighted by molar-refractivity contribution is 7.89. The number of carboxylic acid groups (broad SMARTS) is 1. The predicted molar refractivity (Wildman–Crippen MR) is 52.4 cm³/mol. The number of amides is 1. The van der Waals surface area contributed by atoms with Crippen LogP contribution in [-0.2, 0) is 19.6 Å². The van der Waals surface area contributed by atoms with Crippen molar-refractivity contribution in [3.8, 4) is 0 Å². The Morgan fingerprint density at radius 3 is 2.40 bits per heavy atom. The normalized spacial score (nSPS) is 13.2. The van der Waals surface area contributed by atoms with Crippen molar-refractivity contribution in [1.82, 2.24) is 4.72 Å². The summed E-state index contributed by atoms with van der Waals surface area (Å²) in [6.45, 7) is 0. The van der Waals surface area contributed by atoms with Gasteiger partial charge in [0.2, 0.25) is 15.9 Å². The first-order valence-corrected chi connectivity index (χ1v) is 6.10. The molecule has 0 aliphatic rings. The number of carbonyl (C=O) groups is 2. The molecule has 0 radical (unpaired) electrons. The van der Waals surface area contributed by atoms with Crippen LogP contribution in [0.4, 0.5) is 0 Å². The maximum Gasteiger partial charge on any atom is 0.320 e. The number of sulfonamides is 1. The van der Waals surface area contributed by atoms with E-state index in [1.165, 1.54) is 0 Å². The molecule has 0 fully saturated rings. The fraction of sp³-hybridized carbons (Fsp3) is 0.714. The second kappa shape index (κ2) is 5.66. The van der Waals surface area contributed by atoms with Gasteiger partial charge in [-0.3, -0.25) is 14.3 Å². The van der Waals surface area contributed by atoms with Crippen molar-refractivity contribution in [2.24, 2.45) is 5.73 Å². The minimum Gasteiger partial charge on any atom is -0.480 e. The molecule has 0 aromatic carbocycles. The summed E-state index contributed by atoms with van der Waals surface area (Å²) in [4.78, 5) is 21.2. The molecule has 88 valence electrons.